The lowest BCUT2D eigenvalue weighted by Gasteiger charge is -1.98. The van der Waals surface area contributed by atoms with Gasteiger partial charge in [0.25, 0.3) is 0 Å². The predicted octanol–water partition coefficient (Wildman–Crippen LogP) is 3.73. The SMILES string of the molecule is C/C=C1/CCS/C1=C/C=C[CH-]C. The summed E-state index contributed by atoms with van der Waals surface area (Å²) in [6.45, 7) is 4.15. The molecule has 0 aromatic heterocycles. The van der Waals surface area contributed by atoms with Crippen LogP contribution in [0.3, 0.4) is 0 Å². The van der Waals surface area contributed by atoms with Crippen molar-refractivity contribution in [1.82, 2.24) is 0 Å². The maximum Gasteiger partial charge on any atom is 0.00203 e. The molecule has 12 heavy (non-hydrogen) atoms. The Morgan fingerprint density at radius 3 is 3.00 bits per heavy atom. The van der Waals surface area contributed by atoms with Crippen molar-refractivity contribution in [2.24, 2.45) is 0 Å². The summed E-state index contributed by atoms with van der Waals surface area (Å²) in [4.78, 5) is 1.44. The summed E-state index contributed by atoms with van der Waals surface area (Å²) in [5, 5.41) is 0. The van der Waals surface area contributed by atoms with Crippen LogP contribution in [0.25, 0.3) is 0 Å². The van der Waals surface area contributed by atoms with Crippen molar-refractivity contribution < 1.29 is 0 Å². The Balaban J connectivity index is 2.61. The summed E-state index contributed by atoms with van der Waals surface area (Å²) in [7, 11) is 0. The van der Waals surface area contributed by atoms with E-state index in [9.17, 15) is 0 Å². The molecule has 0 unspecified atom stereocenters. The third kappa shape index (κ3) is 2.49. The van der Waals surface area contributed by atoms with Gasteiger partial charge in [-0.15, -0.1) is 24.8 Å². The van der Waals surface area contributed by atoms with Crippen molar-refractivity contribution in [3.63, 3.8) is 0 Å². The molecule has 1 heteroatoms. The topological polar surface area (TPSA) is 0 Å². The Morgan fingerprint density at radius 1 is 1.50 bits per heavy atom. The van der Waals surface area contributed by atoms with Gasteiger partial charge in [0.1, 0.15) is 0 Å². The van der Waals surface area contributed by atoms with Gasteiger partial charge in [-0.1, -0.05) is 6.08 Å². The molecule has 1 aliphatic rings. The van der Waals surface area contributed by atoms with Gasteiger partial charge in [-0.3, -0.25) is 0 Å². The second kappa shape index (κ2) is 5.15. The predicted molar refractivity (Wildman–Crippen MR) is 58.0 cm³/mol. The van der Waals surface area contributed by atoms with E-state index in [1.807, 2.05) is 25.1 Å². The highest BCUT2D eigenvalue weighted by atomic mass is 32.2. The zero-order valence-corrected chi connectivity index (χ0v) is 8.53. The number of allylic oxidation sites excluding steroid dienone is 5. The van der Waals surface area contributed by atoms with Crippen LogP contribution >= 0.6 is 11.8 Å². The maximum atomic E-state index is 2.22. The molecule has 0 nitrogen and oxygen atoms in total. The number of hydrogen-bond acceptors (Lipinski definition) is 1. The molecular formula is C11H15S-. The second-order valence-corrected chi connectivity index (χ2v) is 3.80. The molecule has 1 heterocycles. The highest BCUT2D eigenvalue weighted by molar-refractivity contribution is 8.03. The first-order valence-electron chi connectivity index (χ1n) is 4.33. The highest BCUT2D eigenvalue weighted by Gasteiger charge is 2.10. The monoisotopic (exact) mass is 179 g/mol. The average molecular weight is 179 g/mol. The van der Waals surface area contributed by atoms with Gasteiger partial charge in [-0.25, -0.2) is 18.6 Å². The van der Waals surface area contributed by atoms with Crippen LogP contribution in [0, 0.1) is 6.42 Å². The van der Waals surface area contributed by atoms with E-state index >= 15 is 0 Å². The summed E-state index contributed by atoms with van der Waals surface area (Å²) in [5.74, 6) is 1.25. The minimum Gasteiger partial charge on any atom is -0.233 e. The van der Waals surface area contributed by atoms with Crippen LogP contribution in [-0.2, 0) is 0 Å². The molecule has 0 aromatic carbocycles. The lowest BCUT2D eigenvalue weighted by molar-refractivity contribution is 1.19. The molecule has 1 fully saturated rings. The quantitative estimate of drug-likeness (QED) is 0.582. The van der Waals surface area contributed by atoms with Gasteiger partial charge in [-0.05, 0) is 23.8 Å². The van der Waals surface area contributed by atoms with E-state index in [0.29, 0.717) is 0 Å². The minimum absolute atomic E-state index is 1.23. The zero-order chi connectivity index (χ0) is 8.81. The molecule has 0 N–H and O–H groups in total. The van der Waals surface area contributed by atoms with Gasteiger partial charge in [0.2, 0.25) is 0 Å². The normalized spacial score (nSPS) is 24.5. The van der Waals surface area contributed by atoms with E-state index in [0.717, 1.165) is 0 Å². The summed E-state index contributed by atoms with van der Waals surface area (Å²) in [6.07, 6.45) is 11.9. The van der Waals surface area contributed by atoms with Crippen molar-refractivity contribution in [2.75, 3.05) is 5.75 Å². The van der Waals surface area contributed by atoms with E-state index in [4.69, 9.17) is 0 Å². The molecule has 66 valence electrons. The van der Waals surface area contributed by atoms with E-state index in [1.54, 1.807) is 0 Å². The Hall–Kier alpha value is -0.560. The molecular weight excluding hydrogens is 164 g/mol. The molecule has 0 aromatic rings. The number of hydrogen-bond donors (Lipinski definition) is 0. The van der Waals surface area contributed by atoms with E-state index in [-0.39, 0.29) is 0 Å². The lowest BCUT2D eigenvalue weighted by Crippen LogP contribution is -1.74. The van der Waals surface area contributed by atoms with Crippen molar-refractivity contribution in [3.8, 4) is 0 Å². The molecule has 0 bridgehead atoms. The molecule has 0 atom stereocenters. The van der Waals surface area contributed by atoms with E-state index < -0.39 is 0 Å². The maximum absolute atomic E-state index is 2.22. The summed E-state index contributed by atoms with van der Waals surface area (Å²) >= 11 is 1.95. The Kier molecular flexibility index (Phi) is 4.09. The van der Waals surface area contributed by atoms with Gasteiger partial charge in [0.05, 0.1) is 0 Å². The van der Waals surface area contributed by atoms with E-state index in [1.165, 1.54) is 22.7 Å². The smallest absolute Gasteiger partial charge is 0.00203 e. The molecule has 0 aliphatic carbocycles. The first-order valence-corrected chi connectivity index (χ1v) is 5.31. The van der Waals surface area contributed by atoms with Crippen molar-refractivity contribution in [2.45, 2.75) is 20.3 Å². The molecule has 1 saturated heterocycles. The Morgan fingerprint density at radius 2 is 2.33 bits per heavy atom. The zero-order valence-electron chi connectivity index (χ0n) is 7.71. The van der Waals surface area contributed by atoms with Crippen LogP contribution in [0.2, 0.25) is 0 Å². The molecule has 0 amide bonds. The molecule has 0 radical (unpaired) electrons. The summed E-state index contributed by atoms with van der Waals surface area (Å²) < 4.78 is 0. The number of thioether (sulfide) groups is 1. The second-order valence-electron chi connectivity index (χ2n) is 2.66. The van der Waals surface area contributed by atoms with Gasteiger partial charge >= 0.3 is 0 Å². The Bertz CT molecular complexity index is 221. The highest BCUT2D eigenvalue weighted by Crippen LogP contribution is 2.35. The number of rotatable bonds is 2. The third-order valence-corrected chi connectivity index (χ3v) is 2.96. The largest absolute Gasteiger partial charge is 0.233 e. The van der Waals surface area contributed by atoms with Crippen LogP contribution in [0.1, 0.15) is 20.3 Å². The summed E-state index contributed by atoms with van der Waals surface area (Å²) in [6, 6.07) is 0. The molecule has 0 saturated carbocycles. The fourth-order valence-corrected chi connectivity index (χ4v) is 2.30. The van der Waals surface area contributed by atoms with Crippen molar-refractivity contribution >= 4 is 11.8 Å². The van der Waals surface area contributed by atoms with Crippen LogP contribution in [-0.4, -0.2) is 5.75 Å². The first kappa shape index (κ1) is 9.53. The summed E-state index contributed by atoms with van der Waals surface area (Å²) in [5.41, 5.74) is 1.50. The average Bonchev–Trinajstić information content (AvgIpc) is 2.52. The standard InChI is InChI=1S/C11H15S/c1-3-5-6-7-11-10(4-2)8-9-12-11/h3-7H,8-9H2,1-2H3/q-1/b6-5?,10-4-,11-7+. The van der Waals surface area contributed by atoms with Gasteiger partial charge in [0.15, 0.2) is 0 Å². The van der Waals surface area contributed by atoms with Crippen LogP contribution in [0.15, 0.2) is 34.8 Å². The molecule has 0 spiro atoms. The van der Waals surface area contributed by atoms with Gasteiger partial charge < -0.3 is 0 Å². The fraction of sp³-hybridized carbons (Fsp3) is 0.364. The first-order chi connectivity index (χ1) is 5.88. The van der Waals surface area contributed by atoms with Crippen LogP contribution in [0.5, 0.6) is 0 Å². The van der Waals surface area contributed by atoms with Gasteiger partial charge in [0, 0.05) is 5.75 Å². The fourth-order valence-electron chi connectivity index (χ4n) is 1.18. The van der Waals surface area contributed by atoms with Crippen molar-refractivity contribution in [1.29, 1.82) is 0 Å². The van der Waals surface area contributed by atoms with E-state index in [2.05, 4.69) is 31.2 Å². The van der Waals surface area contributed by atoms with Crippen LogP contribution < -0.4 is 0 Å². The lowest BCUT2D eigenvalue weighted by atomic mass is 10.2. The van der Waals surface area contributed by atoms with Crippen molar-refractivity contribution in [3.05, 3.63) is 41.2 Å². The Labute approximate surface area is 79.4 Å². The third-order valence-electron chi connectivity index (χ3n) is 1.85. The van der Waals surface area contributed by atoms with Gasteiger partial charge in [-0.2, -0.15) is 0 Å². The molecule has 1 aliphatic heterocycles. The van der Waals surface area contributed by atoms with Crippen LogP contribution in [0.4, 0.5) is 0 Å². The molecule has 1 rings (SSSR count). The minimum atomic E-state index is 1.23.